The van der Waals surface area contributed by atoms with Gasteiger partial charge in [0.15, 0.2) is 6.29 Å². The van der Waals surface area contributed by atoms with Crippen LogP contribution in [-0.4, -0.2) is 24.6 Å². The largest absolute Gasteiger partial charge is 0.425 e. The lowest BCUT2D eigenvalue weighted by molar-refractivity contribution is -0.273. The third-order valence-corrected chi connectivity index (χ3v) is 4.54. The van der Waals surface area contributed by atoms with E-state index in [1.165, 1.54) is 0 Å². The van der Waals surface area contributed by atoms with Crippen LogP contribution in [0.3, 0.4) is 0 Å². The number of aldehydes is 1. The summed E-state index contributed by atoms with van der Waals surface area (Å²) in [7, 11) is 0. The van der Waals surface area contributed by atoms with Gasteiger partial charge in [0.1, 0.15) is 0 Å². The van der Waals surface area contributed by atoms with Gasteiger partial charge < -0.3 is 9.47 Å². The minimum Gasteiger partial charge on any atom is -0.425 e. The van der Waals surface area contributed by atoms with Crippen LogP contribution in [0.15, 0.2) is 0 Å². The highest BCUT2D eigenvalue weighted by Gasteiger charge is 2.56. The summed E-state index contributed by atoms with van der Waals surface area (Å²) in [4.78, 5) is 23.4. The summed E-state index contributed by atoms with van der Waals surface area (Å²) < 4.78 is 11.1. The monoisotopic (exact) mass is 270 g/mol. The van der Waals surface area contributed by atoms with Crippen LogP contribution in [0, 0.1) is 11.3 Å². The van der Waals surface area contributed by atoms with Crippen LogP contribution in [0.5, 0.6) is 0 Å². The second-order valence-electron chi connectivity index (χ2n) is 5.61. The minimum absolute atomic E-state index is 0.243. The molecular formula is C15H26O4. The molecular weight excluding hydrogens is 244 g/mol. The van der Waals surface area contributed by atoms with E-state index >= 15 is 0 Å². The standard InChI is InChI=1S/C15H26O4/c1-5-13(17)19-15(11-16,18-6-2)14(4)10-8-7-9-12(14)3/h11-12H,5-10H2,1-4H3. The van der Waals surface area contributed by atoms with Gasteiger partial charge in [0.05, 0.1) is 0 Å². The second-order valence-corrected chi connectivity index (χ2v) is 5.61. The maximum atomic E-state index is 11.7. The number of rotatable bonds is 6. The van der Waals surface area contributed by atoms with E-state index < -0.39 is 11.2 Å². The van der Waals surface area contributed by atoms with Gasteiger partial charge in [-0.2, -0.15) is 0 Å². The first kappa shape index (κ1) is 16.2. The Labute approximate surface area is 115 Å². The maximum Gasteiger partial charge on any atom is 0.308 e. The molecule has 0 aromatic rings. The van der Waals surface area contributed by atoms with Gasteiger partial charge >= 0.3 is 5.97 Å². The van der Waals surface area contributed by atoms with Crippen molar-refractivity contribution in [1.29, 1.82) is 0 Å². The molecule has 110 valence electrons. The van der Waals surface area contributed by atoms with Crippen LogP contribution in [0.1, 0.15) is 59.8 Å². The molecule has 1 aliphatic carbocycles. The number of hydrogen-bond donors (Lipinski definition) is 0. The highest BCUT2D eigenvalue weighted by atomic mass is 16.7. The summed E-state index contributed by atoms with van der Waals surface area (Å²) in [5.41, 5.74) is -0.451. The molecule has 3 atom stereocenters. The van der Waals surface area contributed by atoms with Crippen molar-refractivity contribution in [1.82, 2.24) is 0 Å². The quantitative estimate of drug-likeness (QED) is 0.423. The second kappa shape index (κ2) is 6.51. The highest BCUT2D eigenvalue weighted by molar-refractivity contribution is 5.74. The molecule has 0 saturated heterocycles. The molecule has 0 aromatic heterocycles. The summed E-state index contributed by atoms with van der Waals surface area (Å²) in [5.74, 6) is -1.54. The van der Waals surface area contributed by atoms with Crippen molar-refractivity contribution in [2.24, 2.45) is 11.3 Å². The number of ether oxygens (including phenoxy) is 2. The zero-order chi connectivity index (χ0) is 14.5. The molecule has 1 rings (SSSR count). The van der Waals surface area contributed by atoms with Gasteiger partial charge in [-0.3, -0.25) is 9.59 Å². The Bertz CT molecular complexity index is 328. The lowest BCUT2D eigenvalue weighted by atomic mass is 9.63. The van der Waals surface area contributed by atoms with Crippen LogP contribution in [0.2, 0.25) is 0 Å². The molecule has 1 saturated carbocycles. The maximum absolute atomic E-state index is 11.7. The molecule has 0 spiro atoms. The Morgan fingerprint density at radius 3 is 2.58 bits per heavy atom. The van der Waals surface area contributed by atoms with E-state index in [4.69, 9.17) is 9.47 Å². The molecule has 3 unspecified atom stereocenters. The van der Waals surface area contributed by atoms with E-state index in [0.29, 0.717) is 12.9 Å². The van der Waals surface area contributed by atoms with Gasteiger partial charge in [-0.05, 0) is 25.7 Å². The molecule has 4 heteroatoms. The zero-order valence-electron chi connectivity index (χ0n) is 12.5. The first-order valence-electron chi connectivity index (χ1n) is 7.28. The Morgan fingerprint density at radius 2 is 2.11 bits per heavy atom. The van der Waals surface area contributed by atoms with Crippen molar-refractivity contribution >= 4 is 12.3 Å². The van der Waals surface area contributed by atoms with Crippen molar-refractivity contribution in [2.45, 2.75) is 65.6 Å². The molecule has 0 heterocycles. The van der Waals surface area contributed by atoms with Crippen molar-refractivity contribution in [3.8, 4) is 0 Å². The summed E-state index contributed by atoms with van der Waals surface area (Å²) in [6.45, 7) is 7.99. The third kappa shape index (κ3) is 2.99. The number of hydrogen-bond acceptors (Lipinski definition) is 4. The van der Waals surface area contributed by atoms with E-state index in [0.717, 1.165) is 25.7 Å². The average Bonchev–Trinajstić information content (AvgIpc) is 2.41. The summed E-state index contributed by atoms with van der Waals surface area (Å²) in [6.07, 6.45) is 4.98. The molecule has 0 aromatic carbocycles. The summed E-state index contributed by atoms with van der Waals surface area (Å²) >= 11 is 0. The Balaban J connectivity index is 3.12. The van der Waals surface area contributed by atoms with Crippen molar-refractivity contribution < 1.29 is 19.1 Å². The lowest BCUT2D eigenvalue weighted by Crippen LogP contribution is -2.57. The van der Waals surface area contributed by atoms with Gasteiger partial charge in [0.25, 0.3) is 5.79 Å². The first-order valence-corrected chi connectivity index (χ1v) is 7.28. The fourth-order valence-electron chi connectivity index (χ4n) is 2.98. The molecule has 19 heavy (non-hydrogen) atoms. The van der Waals surface area contributed by atoms with Crippen molar-refractivity contribution in [3.63, 3.8) is 0 Å². The smallest absolute Gasteiger partial charge is 0.308 e. The van der Waals surface area contributed by atoms with Gasteiger partial charge in [-0.15, -0.1) is 0 Å². The predicted molar refractivity (Wildman–Crippen MR) is 72.5 cm³/mol. The highest BCUT2D eigenvalue weighted by Crippen LogP contribution is 2.50. The predicted octanol–water partition coefficient (Wildman–Crippen LogP) is 3.09. The Hall–Kier alpha value is -0.900. The molecule has 0 N–H and O–H groups in total. The van der Waals surface area contributed by atoms with Crippen LogP contribution in [-0.2, 0) is 19.1 Å². The topological polar surface area (TPSA) is 52.6 Å². The third-order valence-electron chi connectivity index (χ3n) is 4.54. The van der Waals surface area contributed by atoms with Gasteiger partial charge in [-0.1, -0.05) is 33.6 Å². The molecule has 1 aliphatic rings. The van der Waals surface area contributed by atoms with E-state index in [1.807, 2.05) is 13.8 Å². The van der Waals surface area contributed by atoms with E-state index in [1.54, 1.807) is 6.92 Å². The number of carbonyl (C=O) groups excluding carboxylic acids is 2. The minimum atomic E-state index is -1.44. The normalized spacial score (nSPS) is 30.4. The van der Waals surface area contributed by atoms with E-state index in [-0.39, 0.29) is 18.3 Å². The van der Waals surface area contributed by atoms with Gasteiger partial charge in [0, 0.05) is 18.4 Å². The lowest BCUT2D eigenvalue weighted by Gasteiger charge is -2.49. The fraction of sp³-hybridized carbons (Fsp3) is 0.867. The average molecular weight is 270 g/mol. The van der Waals surface area contributed by atoms with E-state index in [9.17, 15) is 9.59 Å². The molecule has 0 radical (unpaired) electrons. The van der Waals surface area contributed by atoms with Crippen LogP contribution in [0.4, 0.5) is 0 Å². The molecule has 0 amide bonds. The van der Waals surface area contributed by atoms with Crippen LogP contribution >= 0.6 is 0 Å². The van der Waals surface area contributed by atoms with Crippen LogP contribution < -0.4 is 0 Å². The molecule has 4 nitrogen and oxygen atoms in total. The van der Waals surface area contributed by atoms with Gasteiger partial charge in [-0.25, -0.2) is 0 Å². The zero-order valence-corrected chi connectivity index (χ0v) is 12.5. The van der Waals surface area contributed by atoms with Crippen LogP contribution in [0.25, 0.3) is 0 Å². The first-order chi connectivity index (χ1) is 8.95. The SMILES string of the molecule is CCOC(C=O)(OC(=O)CC)C1(C)CCCCC1C. The molecule has 1 fully saturated rings. The Kier molecular flexibility index (Phi) is 5.53. The summed E-state index contributed by atoms with van der Waals surface area (Å²) in [6, 6.07) is 0. The van der Waals surface area contributed by atoms with Crippen molar-refractivity contribution in [2.75, 3.05) is 6.61 Å². The van der Waals surface area contributed by atoms with Crippen molar-refractivity contribution in [3.05, 3.63) is 0 Å². The fourth-order valence-corrected chi connectivity index (χ4v) is 2.98. The van der Waals surface area contributed by atoms with E-state index in [2.05, 4.69) is 6.92 Å². The Morgan fingerprint density at radius 1 is 1.42 bits per heavy atom. The summed E-state index contributed by atoms with van der Waals surface area (Å²) in [5, 5.41) is 0. The molecule has 0 bridgehead atoms. The van der Waals surface area contributed by atoms with Gasteiger partial charge in [0.2, 0.25) is 0 Å². The number of esters is 1. The number of carbonyl (C=O) groups is 2. The molecule has 0 aliphatic heterocycles.